The van der Waals surface area contributed by atoms with Crippen LogP contribution in [0.4, 0.5) is 22.0 Å². The maximum atomic E-state index is 12.7. The molecule has 1 aromatic rings. The van der Waals surface area contributed by atoms with Crippen molar-refractivity contribution in [1.29, 1.82) is 0 Å². The van der Waals surface area contributed by atoms with Crippen LogP contribution in [0.15, 0.2) is 6.20 Å². The molecule has 0 saturated carbocycles. The summed E-state index contributed by atoms with van der Waals surface area (Å²) in [7, 11) is 0. The van der Waals surface area contributed by atoms with Gasteiger partial charge in [-0.3, -0.25) is 0 Å². The average Bonchev–Trinajstić information content (AvgIpc) is 2.17. The predicted octanol–water partition coefficient (Wildman–Crippen LogP) is 4.26. The van der Waals surface area contributed by atoms with E-state index < -0.39 is 35.7 Å². The van der Waals surface area contributed by atoms with Gasteiger partial charge in [0.2, 0.25) is 5.88 Å². The lowest BCUT2D eigenvalue weighted by Crippen LogP contribution is -2.19. The minimum Gasteiger partial charge on any atom is -0.388 e. The summed E-state index contributed by atoms with van der Waals surface area (Å²) in [5, 5.41) is 0. The van der Waals surface area contributed by atoms with Crippen LogP contribution in [0.3, 0.4) is 0 Å². The fourth-order valence-corrected chi connectivity index (χ4v) is 2.04. The van der Waals surface area contributed by atoms with Crippen LogP contribution in [-0.4, -0.2) is 11.3 Å². The van der Waals surface area contributed by atoms with Crippen LogP contribution in [0, 0.1) is 3.57 Å². The summed E-state index contributed by atoms with van der Waals surface area (Å²) in [6.07, 6.45) is -7.08. The number of halogens is 7. The normalized spacial score (nSPS) is 12.0. The Bertz CT molecular complexity index is 412. The average molecular weight is 387 g/mol. The second kappa shape index (κ2) is 5.51. The first kappa shape index (κ1) is 14.7. The summed E-state index contributed by atoms with van der Waals surface area (Å²) in [6, 6.07) is 0. The van der Waals surface area contributed by atoms with Crippen molar-refractivity contribution in [2.75, 3.05) is 0 Å². The van der Waals surface area contributed by atoms with Crippen molar-refractivity contribution in [2.24, 2.45) is 0 Å². The number of pyridine rings is 1. The number of ether oxygens (including phenoxy) is 1. The van der Waals surface area contributed by atoms with Crippen molar-refractivity contribution in [1.82, 2.24) is 4.98 Å². The van der Waals surface area contributed by atoms with E-state index in [4.69, 9.17) is 11.6 Å². The molecule has 1 heterocycles. The highest BCUT2D eigenvalue weighted by Gasteiger charge is 2.34. The van der Waals surface area contributed by atoms with Crippen LogP contribution >= 0.6 is 34.2 Å². The monoisotopic (exact) mass is 387 g/mol. The summed E-state index contributed by atoms with van der Waals surface area (Å²) in [5.74, 6) is -1.49. The van der Waals surface area contributed by atoms with E-state index in [0.717, 1.165) is 6.20 Å². The van der Waals surface area contributed by atoms with E-state index in [2.05, 4.69) is 9.72 Å². The van der Waals surface area contributed by atoms with Gasteiger partial charge in [-0.1, -0.05) is 0 Å². The number of rotatable bonds is 3. The standard InChI is InChI=1S/C8H4ClF5INO/c9-1-3-5(6(10)11)4(15)2-16-7(3)17-8(12,13)14/h2,6H,1H2. The summed E-state index contributed by atoms with van der Waals surface area (Å²) in [5.41, 5.74) is -1.04. The quantitative estimate of drug-likeness (QED) is 0.439. The molecule has 17 heavy (non-hydrogen) atoms. The van der Waals surface area contributed by atoms with E-state index in [0.29, 0.717) is 0 Å². The molecule has 0 atom stereocenters. The van der Waals surface area contributed by atoms with Gasteiger partial charge >= 0.3 is 6.36 Å². The van der Waals surface area contributed by atoms with Gasteiger partial charge < -0.3 is 4.74 Å². The molecule has 0 saturated heterocycles. The number of nitrogens with zero attached hydrogens (tertiary/aromatic N) is 1. The first-order valence-electron chi connectivity index (χ1n) is 4.03. The van der Waals surface area contributed by atoms with Gasteiger partial charge in [0.05, 0.1) is 5.88 Å². The summed E-state index contributed by atoms with van der Waals surface area (Å²) in [4.78, 5) is 3.31. The highest BCUT2D eigenvalue weighted by Crippen LogP contribution is 2.35. The summed E-state index contributed by atoms with van der Waals surface area (Å²) in [6.45, 7) is 0. The van der Waals surface area contributed by atoms with Crippen LogP contribution in [-0.2, 0) is 5.88 Å². The lowest BCUT2D eigenvalue weighted by atomic mass is 10.1. The van der Waals surface area contributed by atoms with Crippen molar-refractivity contribution in [3.63, 3.8) is 0 Å². The Morgan fingerprint density at radius 1 is 1.41 bits per heavy atom. The SMILES string of the molecule is FC(F)c1c(I)cnc(OC(F)(F)F)c1CCl. The molecule has 9 heteroatoms. The molecule has 2 nitrogen and oxygen atoms in total. The van der Waals surface area contributed by atoms with Crippen LogP contribution in [0.2, 0.25) is 0 Å². The third-order valence-electron chi connectivity index (χ3n) is 1.70. The molecule has 0 aliphatic heterocycles. The minimum atomic E-state index is -5.00. The molecular formula is C8H4ClF5INO. The van der Waals surface area contributed by atoms with Crippen LogP contribution in [0.5, 0.6) is 5.88 Å². The first-order chi connectivity index (χ1) is 7.76. The summed E-state index contributed by atoms with van der Waals surface area (Å²) < 4.78 is 64.9. The van der Waals surface area contributed by atoms with Crippen molar-refractivity contribution < 1.29 is 26.7 Å². The smallest absolute Gasteiger partial charge is 0.388 e. The van der Waals surface area contributed by atoms with E-state index in [1.807, 2.05) is 0 Å². The minimum absolute atomic E-state index is 0.0303. The van der Waals surface area contributed by atoms with E-state index in [1.165, 1.54) is 0 Å². The van der Waals surface area contributed by atoms with E-state index in [9.17, 15) is 22.0 Å². The van der Waals surface area contributed by atoms with Gasteiger partial charge in [-0.15, -0.1) is 24.8 Å². The van der Waals surface area contributed by atoms with Crippen LogP contribution < -0.4 is 4.74 Å². The molecule has 0 spiro atoms. The van der Waals surface area contributed by atoms with Crippen molar-refractivity contribution in [3.05, 3.63) is 20.9 Å². The lowest BCUT2D eigenvalue weighted by Gasteiger charge is -2.14. The molecule has 0 aromatic carbocycles. The number of hydrogen-bond acceptors (Lipinski definition) is 2. The molecule has 96 valence electrons. The van der Waals surface area contributed by atoms with Gasteiger partial charge in [0.1, 0.15) is 0 Å². The van der Waals surface area contributed by atoms with E-state index >= 15 is 0 Å². The van der Waals surface area contributed by atoms with Crippen LogP contribution in [0.1, 0.15) is 17.6 Å². The van der Waals surface area contributed by atoms with Gasteiger partial charge in [0, 0.05) is 20.9 Å². The van der Waals surface area contributed by atoms with Crippen molar-refractivity contribution >= 4 is 34.2 Å². The zero-order chi connectivity index (χ0) is 13.2. The molecule has 1 aromatic heterocycles. The Hall–Kier alpha value is -0.380. The molecule has 0 fully saturated rings. The fourth-order valence-electron chi connectivity index (χ4n) is 1.08. The molecular weight excluding hydrogens is 383 g/mol. The molecule has 0 bridgehead atoms. The molecule has 0 N–H and O–H groups in total. The van der Waals surface area contributed by atoms with Crippen molar-refractivity contribution in [2.45, 2.75) is 18.7 Å². The first-order valence-corrected chi connectivity index (χ1v) is 5.64. The molecule has 1 rings (SSSR count). The van der Waals surface area contributed by atoms with Gasteiger partial charge in [0.25, 0.3) is 6.43 Å². The highest BCUT2D eigenvalue weighted by atomic mass is 127. The Balaban J connectivity index is 3.28. The Morgan fingerprint density at radius 3 is 2.41 bits per heavy atom. The van der Waals surface area contributed by atoms with E-state index in [-0.39, 0.29) is 3.57 Å². The largest absolute Gasteiger partial charge is 0.574 e. The predicted molar refractivity (Wildman–Crippen MR) is 58.2 cm³/mol. The summed E-state index contributed by atoms with van der Waals surface area (Å²) >= 11 is 6.90. The number of hydrogen-bond donors (Lipinski definition) is 0. The van der Waals surface area contributed by atoms with Gasteiger partial charge in [-0.05, 0) is 22.6 Å². The fraction of sp³-hybridized carbons (Fsp3) is 0.375. The van der Waals surface area contributed by atoms with Gasteiger partial charge in [0.15, 0.2) is 0 Å². The van der Waals surface area contributed by atoms with Crippen LogP contribution in [0.25, 0.3) is 0 Å². The second-order valence-electron chi connectivity index (χ2n) is 2.79. The number of aromatic nitrogens is 1. The molecule has 0 amide bonds. The van der Waals surface area contributed by atoms with Gasteiger partial charge in [-0.25, -0.2) is 13.8 Å². The lowest BCUT2D eigenvalue weighted by molar-refractivity contribution is -0.276. The maximum absolute atomic E-state index is 12.7. The molecule has 0 aliphatic rings. The Labute approximate surface area is 111 Å². The Morgan fingerprint density at radius 2 is 2.00 bits per heavy atom. The van der Waals surface area contributed by atoms with Gasteiger partial charge in [-0.2, -0.15) is 0 Å². The van der Waals surface area contributed by atoms with E-state index in [1.54, 1.807) is 22.6 Å². The molecule has 0 aliphatic carbocycles. The maximum Gasteiger partial charge on any atom is 0.574 e. The zero-order valence-corrected chi connectivity index (χ0v) is 10.8. The van der Waals surface area contributed by atoms with Crippen molar-refractivity contribution in [3.8, 4) is 5.88 Å². The third-order valence-corrected chi connectivity index (χ3v) is 2.83. The topological polar surface area (TPSA) is 22.1 Å². The highest BCUT2D eigenvalue weighted by molar-refractivity contribution is 14.1. The third kappa shape index (κ3) is 3.80. The molecule has 0 unspecified atom stereocenters. The Kier molecular flexibility index (Phi) is 4.76. The second-order valence-corrected chi connectivity index (χ2v) is 4.22. The zero-order valence-electron chi connectivity index (χ0n) is 7.86. The molecule has 0 radical (unpaired) electrons. The number of alkyl halides is 6.